The number of sulfonamides is 1. The third kappa shape index (κ3) is 5.33. The topological polar surface area (TPSA) is 65.1 Å². The predicted molar refractivity (Wildman–Crippen MR) is 97.6 cm³/mol. The summed E-state index contributed by atoms with van der Waals surface area (Å²) < 4.78 is 143. The Bertz CT molecular complexity index is 1250. The average molecular weight is 502 g/mol. The monoisotopic (exact) mass is 502 g/mol. The lowest BCUT2D eigenvalue weighted by Crippen LogP contribution is -2.12. The van der Waals surface area contributed by atoms with Crippen molar-refractivity contribution in [2.75, 3.05) is 0 Å². The summed E-state index contributed by atoms with van der Waals surface area (Å²) in [5.41, 5.74) is -6.36. The number of nitrogens with zero attached hydrogens (tertiary/aromatic N) is 1. The molecule has 178 valence electrons. The molecular weight excluding hydrogens is 491 g/mol. The first kappa shape index (κ1) is 24.6. The second kappa shape index (κ2) is 7.80. The average Bonchev–Trinajstić information content (AvgIpc) is 3.11. The van der Waals surface area contributed by atoms with Gasteiger partial charge in [-0.15, -0.1) is 0 Å². The van der Waals surface area contributed by atoms with Crippen LogP contribution in [0.15, 0.2) is 59.6 Å². The van der Waals surface area contributed by atoms with E-state index < -0.39 is 61.4 Å². The highest BCUT2D eigenvalue weighted by atomic mass is 32.2. The number of hydrogen-bond donors (Lipinski definition) is 1. The highest BCUT2D eigenvalue weighted by Crippen LogP contribution is 2.41. The Morgan fingerprint density at radius 2 is 1.12 bits per heavy atom. The lowest BCUT2D eigenvalue weighted by molar-refractivity contribution is -0.143. The molecule has 2 aromatic carbocycles. The smallest absolute Gasteiger partial charge is 0.316 e. The molecule has 0 aliphatic heterocycles. The van der Waals surface area contributed by atoms with Crippen molar-refractivity contribution in [2.24, 2.45) is 5.14 Å². The Morgan fingerprint density at radius 3 is 1.52 bits per heavy atom. The molecule has 0 radical (unpaired) electrons. The molecule has 0 aliphatic carbocycles. The largest absolute Gasteiger partial charge is 0.417 e. The molecule has 0 saturated heterocycles. The van der Waals surface area contributed by atoms with E-state index in [4.69, 9.17) is 5.14 Å². The van der Waals surface area contributed by atoms with E-state index in [1.165, 1.54) is 0 Å². The summed E-state index contributed by atoms with van der Waals surface area (Å²) in [6, 6.07) is 4.68. The molecular formula is C19H11F9N2O2S. The van der Waals surface area contributed by atoms with E-state index in [-0.39, 0.29) is 11.8 Å². The Labute approximate surface area is 180 Å². The first-order valence-corrected chi connectivity index (χ1v) is 10.1. The normalized spacial score (nSPS) is 13.4. The van der Waals surface area contributed by atoms with Gasteiger partial charge >= 0.3 is 18.5 Å². The molecule has 3 rings (SSSR count). The maximum absolute atomic E-state index is 13.3. The van der Waals surface area contributed by atoms with E-state index >= 15 is 0 Å². The fraction of sp³-hybridized carbons (Fsp3) is 0.158. The number of alkyl halides is 9. The van der Waals surface area contributed by atoms with Crippen molar-refractivity contribution >= 4 is 10.0 Å². The van der Waals surface area contributed by atoms with Crippen LogP contribution in [0.1, 0.15) is 16.7 Å². The minimum Gasteiger partial charge on any atom is -0.316 e. The molecule has 0 spiro atoms. The highest BCUT2D eigenvalue weighted by Gasteiger charge is 2.38. The van der Waals surface area contributed by atoms with E-state index in [9.17, 15) is 47.9 Å². The molecule has 4 nitrogen and oxygen atoms in total. The summed E-state index contributed by atoms with van der Waals surface area (Å²) in [6.07, 6.45) is -14.9. The zero-order chi connectivity index (χ0) is 25.0. The molecule has 0 fully saturated rings. The van der Waals surface area contributed by atoms with Crippen molar-refractivity contribution in [3.8, 4) is 16.9 Å². The second-order valence-electron chi connectivity index (χ2n) is 6.82. The van der Waals surface area contributed by atoms with Crippen LogP contribution < -0.4 is 5.14 Å². The van der Waals surface area contributed by atoms with Crippen LogP contribution in [0, 0.1) is 0 Å². The molecule has 14 heteroatoms. The van der Waals surface area contributed by atoms with Gasteiger partial charge in [-0.05, 0) is 54.1 Å². The van der Waals surface area contributed by atoms with Gasteiger partial charge in [0.2, 0.25) is 10.0 Å². The molecule has 0 amide bonds. The van der Waals surface area contributed by atoms with Gasteiger partial charge in [0.15, 0.2) is 0 Å². The van der Waals surface area contributed by atoms with Crippen LogP contribution in [0.25, 0.3) is 16.9 Å². The lowest BCUT2D eigenvalue weighted by Gasteiger charge is -2.16. The minimum atomic E-state index is -5.21. The van der Waals surface area contributed by atoms with Gasteiger partial charge in [-0.3, -0.25) is 0 Å². The number of benzene rings is 2. The Hall–Kier alpha value is -3.00. The fourth-order valence-electron chi connectivity index (χ4n) is 2.95. The number of primary sulfonamides is 1. The SMILES string of the molecule is NS(=O)(=O)c1ccc(-n2cc(C(F)(F)F)cc2-c2cc(C(F)(F)F)cc(C(F)(F)F)c2)cc1. The molecule has 0 unspecified atom stereocenters. The van der Waals surface area contributed by atoms with Crippen LogP contribution >= 0.6 is 0 Å². The van der Waals surface area contributed by atoms with Gasteiger partial charge < -0.3 is 4.57 Å². The van der Waals surface area contributed by atoms with E-state index in [0.29, 0.717) is 29.0 Å². The molecule has 33 heavy (non-hydrogen) atoms. The molecule has 0 saturated carbocycles. The van der Waals surface area contributed by atoms with Gasteiger partial charge in [-0.2, -0.15) is 39.5 Å². The molecule has 0 bridgehead atoms. The molecule has 3 aromatic rings. The lowest BCUT2D eigenvalue weighted by atomic mass is 10.0. The summed E-state index contributed by atoms with van der Waals surface area (Å²) in [6.45, 7) is 0. The Kier molecular flexibility index (Phi) is 5.82. The quantitative estimate of drug-likeness (QED) is 0.457. The number of rotatable bonds is 3. The van der Waals surface area contributed by atoms with Crippen molar-refractivity contribution < 1.29 is 47.9 Å². The van der Waals surface area contributed by atoms with E-state index in [1.807, 2.05) is 0 Å². The third-order valence-corrected chi connectivity index (χ3v) is 5.40. The van der Waals surface area contributed by atoms with Crippen LogP contribution in [0.5, 0.6) is 0 Å². The first-order chi connectivity index (χ1) is 14.9. The van der Waals surface area contributed by atoms with Gasteiger partial charge in [-0.1, -0.05) is 0 Å². The van der Waals surface area contributed by atoms with Crippen LogP contribution in [0.3, 0.4) is 0 Å². The zero-order valence-corrected chi connectivity index (χ0v) is 16.7. The fourth-order valence-corrected chi connectivity index (χ4v) is 3.47. The predicted octanol–water partition coefficient (Wildman–Crippen LogP) is 5.85. The van der Waals surface area contributed by atoms with E-state index in [1.54, 1.807) is 0 Å². The number of halogens is 9. The maximum atomic E-state index is 13.3. The van der Waals surface area contributed by atoms with Crippen molar-refractivity contribution in [1.82, 2.24) is 4.57 Å². The molecule has 0 aliphatic rings. The summed E-state index contributed by atoms with van der Waals surface area (Å²) in [5.74, 6) is 0. The molecule has 0 atom stereocenters. The Balaban J connectivity index is 2.30. The number of nitrogens with two attached hydrogens (primary N) is 1. The number of hydrogen-bond acceptors (Lipinski definition) is 2. The van der Waals surface area contributed by atoms with Crippen LogP contribution in [0.4, 0.5) is 39.5 Å². The molecule has 1 aromatic heterocycles. The van der Waals surface area contributed by atoms with Gasteiger partial charge in [0.1, 0.15) is 0 Å². The summed E-state index contributed by atoms with van der Waals surface area (Å²) in [7, 11) is -4.17. The minimum absolute atomic E-state index is 0.150. The summed E-state index contributed by atoms with van der Waals surface area (Å²) in [4.78, 5) is -0.408. The molecule has 2 N–H and O–H groups in total. The first-order valence-electron chi connectivity index (χ1n) is 8.60. The Morgan fingerprint density at radius 1 is 0.667 bits per heavy atom. The number of aromatic nitrogens is 1. The van der Waals surface area contributed by atoms with Crippen molar-refractivity contribution in [3.05, 3.63) is 71.4 Å². The van der Waals surface area contributed by atoms with Crippen molar-refractivity contribution in [1.29, 1.82) is 0 Å². The molecule has 1 heterocycles. The van der Waals surface area contributed by atoms with Gasteiger partial charge in [0, 0.05) is 11.9 Å². The van der Waals surface area contributed by atoms with Crippen molar-refractivity contribution in [3.63, 3.8) is 0 Å². The van der Waals surface area contributed by atoms with Gasteiger partial charge in [0.05, 0.1) is 27.3 Å². The summed E-state index contributed by atoms with van der Waals surface area (Å²) >= 11 is 0. The highest BCUT2D eigenvalue weighted by molar-refractivity contribution is 7.89. The zero-order valence-electron chi connectivity index (χ0n) is 15.8. The van der Waals surface area contributed by atoms with E-state index in [2.05, 4.69) is 0 Å². The standard InChI is InChI=1S/C19H11F9N2O2S/c20-17(21,22)11-5-10(6-12(7-11)18(23,24)25)16-8-13(19(26,27)28)9-30(16)14-1-3-15(4-2-14)33(29,31)32/h1-9H,(H2,29,31,32). The summed E-state index contributed by atoms with van der Waals surface area (Å²) in [5, 5.41) is 4.95. The van der Waals surface area contributed by atoms with Gasteiger partial charge in [-0.25, -0.2) is 13.6 Å². The third-order valence-electron chi connectivity index (χ3n) is 4.47. The van der Waals surface area contributed by atoms with Crippen LogP contribution in [-0.2, 0) is 28.6 Å². The van der Waals surface area contributed by atoms with Crippen molar-refractivity contribution in [2.45, 2.75) is 23.4 Å². The van der Waals surface area contributed by atoms with E-state index in [0.717, 1.165) is 24.3 Å². The van der Waals surface area contributed by atoms with Crippen LogP contribution in [-0.4, -0.2) is 13.0 Å². The second-order valence-corrected chi connectivity index (χ2v) is 8.38. The van der Waals surface area contributed by atoms with Crippen LogP contribution in [0.2, 0.25) is 0 Å². The van der Waals surface area contributed by atoms with Gasteiger partial charge in [0.25, 0.3) is 0 Å². The maximum Gasteiger partial charge on any atom is 0.417 e.